The lowest BCUT2D eigenvalue weighted by molar-refractivity contribution is -0.140. The number of fused-ring (bicyclic) bond motifs is 1. The fraction of sp³-hybridized carbons (Fsp3) is 0.467. The minimum Gasteiger partial charge on any atom is -0.376 e. The number of rotatable bonds is 4. The summed E-state index contributed by atoms with van der Waals surface area (Å²) in [6.07, 6.45) is 1.13. The number of carbonyl (C=O) groups is 4. The van der Waals surface area contributed by atoms with Crippen molar-refractivity contribution < 1.29 is 19.2 Å². The van der Waals surface area contributed by atoms with Crippen LogP contribution in [0.1, 0.15) is 53.8 Å². The van der Waals surface area contributed by atoms with Crippen LogP contribution in [0.2, 0.25) is 0 Å². The van der Waals surface area contributed by atoms with Crippen LogP contribution in [0.25, 0.3) is 0 Å². The molecule has 2 aliphatic rings. The highest BCUT2D eigenvalue weighted by atomic mass is 32.1. The van der Waals surface area contributed by atoms with E-state index >= 15 is 0 Å². The Labute approximate surface area is 137 Å². The molecular formula is C15H17N3O4S. The number of imide groups is 2. The standard InChI is InChI=1S/C15H17N3O4S/c1-3-6-16-11-10-8(7-23-11)12(20)18(13(10)21)15(2)5-4-9(19)17-14(15)22/h7,16H,3-6H2,1-2H3,(H,17,19,22)/t15-/m0/s1. The molecule has 2 N–H and O–H groups in total. The maximum absolute atomic E-state index is 12.8. The van der Waals surface area contributed by atoms with E-state index in [9.17, 15) is 19.2 Å². The first-order chi connectivity index (χ1) is 10.9. The van der Waals surface area contributed by atoms with Gasteiger partial charge >= 0.3 is 0 Å². The molecule has 8 heteroatoms. The van der Waals surface area contributed by atoms with E-state index in [0.29, 0.717) is 22.7 Å². The Kier molecular flexibility index (Phi) is 3.71. The zero-order chi connectivity index (χ0) is 16.8. The van der Waals surface area contributed by atoms with Crippen molar-refractivity contribution in [3.05, 3.63) is 16.5 Å². The summed E-state index contributed by atoms with van der Waals surface area (Å²) in [5.41, 5.74) is -0.676. The van der Waals surface area contributed by atoms with Gasteiger partial charge in [0.05, 0.1) is 11.1 Å². The van der Waals surface area contributed by atoms with Crippen molar-refractivity contribution in [1.29, 1.82) is 0 Å². The average molecular weight is 335 g/mol. The van der Waals surface area contributed by atoms with Crippen LogP contribution in [0.3, 0.4) is 0 Å². The van der Waals surface area contributed by atoms with E-state index in [4.69, 9.17) is 0 Å². The van der Waals surface area contributed by atoms with Crippen molar-refractivity contribution in [1.82, 2.24) is 10.2 Å². The average Bonchev–Trinajstić information content (AvgIpc) is 3.03. The zero-order valence-corrected chi connectivity index (χ0v) is 13.7. The Bertz CT molecular complexity index is 726. The van der Waals surface area contributed by atoms with E-state index in [0.717, 1.165) is 11.3 Å². The monoisotopic (exact) mass is 335 g/mol. The molecule has 0 radical (unpaired) electrons. The summed E-state index contributed by atoms with van der Waals surface area (Å²) in [5, 5.41) is 7.66. The van der Waals surface area contributed by atoms with Crippen LogP contribution in [0.15, 0.2) is 5.38 Å². The van der Waals surface area contributed by atoms with Gasteiger partial charge in [0.15, 0.2) is 0 Å². The summed E-state index contributed by atoms with van der Waals surface area (Å²) < 4.78 is 0. The fourth-order valence-corrected chi connectivity index (χ4v) is 3.83. The number of piperidine rings is 1. The van der Waals surface area contributed by atoms with E-state index < -0.39 is 23.3 Å². The molecule has 0 aliphatic carbocycles. The normalized spacial score (nSPS) is 24.0. The molecule has 122 valence electrons. The molecule has 3 heterocycles. The molecule has 4 amide bonds. The smallest absolute Gasteiger partial charge is 0.265 e. The minimum atomic E-state index is -1.33. The molecule has 23 heavy (non-hydrogen) atoms. The van der Waals surface area contributed by atoms with Crippen molar-refractivity contribution in [2.75, 3.05) is 11.9 Å². The molecule has 1 aromatic rings. The number of amides is 4. The van der Waals surface area contributed by atoms with Gasteiger partial charge in [-0.2, -0.15) is 0 Å². The highest BCUT2D eigenvalue weighted by Gasteiger charge is 2.53. The van der Waals surface area contributed by atoms with Crippen LogP contribution < -0.4 is 10.6 Å². The number of anilines is 1. The van der Waals surface area contributed by atoms with Gasteiger partial charge in [-0.25, -0.2) is 0 Å². The van der Waals surface area contributed by atoms with Crippen molar-refractivity contribution >= 4 is 40.0 Å². The van der Waals surface area contributed by atoms with Crippen molar-refractivity contribution in [3.8, 4) is 0 Å². The van der Waals surface area contributed by atoms with E-state index in [1.165, 1.54) is 18.3 Å². The number of carbonyl (C=O) groups excluding carboxylic acids is 4. The SMILES string of the molecule is CCCNc1scc2c1C(=O)N([C@@]1(C)CCC(=O)NC1=O)C2=O. The Morgan fingerprint density at radius 2 is 2.04 bits per heavy atom. The second-order valence-electron chi connectivity index (χ2n) is 5.88. The van der Waals surface area contributed by atoms with Gasteiger partial charge in [-0.3, -0.25) is 29.4 Å². The number of thiophene rings is 1. The minimum absolute atomic E-state index is 0.104. The molecular weight excluding hydrogens is 318 g/mol. The molecule has 1 atom stereocenters. The number of hydrogen-bond acceptors (Lipinski definition) is 6. The quantitative estimate of drug-likeness (QED) is 0.810. The van der Waals surface area contributed by atoms with E-state index in [2.05, 4.69) is 10.6 Å². The van der Waals surface area contributed by atoms with Crippen molar-refractivity contribution in [2.24, 2.45) is 0 Å². The van der Waals surface area contributed by atoms with Gasteiger partial charge in [0, 0.05) is 18.3 Å². The highest BCUT2D eigenvalue weighted by Crippen LogP contribution is 2.40. The summed E-state index contributed by atoms with van der Waals surface area (Å²) in [6.45, 7) is 4.23. The molecule has 0 aromatic carbocycles. The Morgan fingerprint density at radius 3 is 2.70 bits per heavy atom. The van der Waals surface area contributed by atoms with Crippen LogP contribution in [0.5, 0.6) is 0 Å². The molecule has 0 saturated carbocycles. The van der Waals surface area contributed by atoms with Gasteiger partial charge < -0.3 is 5.32 Å². The lowest BCUT2D eigenvalue weighted by atomic mass is 9.89. The van der Waals surface area contributed by atoms with Crippen LogP contribution >= 0.6 is 11.3 Å². The largest absolute Gasteiger partial charge is 0.376 e. The Hall–Kier alpha value is -2.22. The molecule has 1 aromatic heterocycles. The summed E-state index contributed by atoms with van der Waals surface area (Å²) in [4.78, 5) is 50.0. The highest BCUT2D eigenvalue weighted by molar-refractivity contribution is 7.15. The van der Waals surface area contributed by atoms with Crippen molar-refractivity contribution in [3.63, 3.8) is 0 Å². The summed E-state index contributed by atoms with van der Waals surface area (Å²) in [7, 11) is 0. The van der Waals surface area contributed by atoms with E-state index in [-0.39, 0.29) is 18.7 Å². The van der Waals surface area contributed by atoms with Crippen LogP contribution in [0.4, 0.5) is 5.00 Å². The summed E-state index contributed by atoms with van der Waals surface area (Å²) >= 11 is 1.31. The third kappa shape index (κ3) is 2.24. The zero-order valence-electron chi connectivity index (χ0n) is 12.9. The van der Waals surface area contributed by atoms with Crippen LogP contribution in [0, 0.1) is 0 Å². The number of nitrogens with zero attached hydrogens (tertiary/aromatic N) is 1. The lowest BCUT2D eigenvalue weighted by Crippen LogP contribution is -2.62. The first kappa shape index (κ1) is 15.7. The Morgan fingerprint density at radius 1 is 1.30 bits per heavy atom. The number of hydrogen-bond donors (Lipinski definition) is 2. The van der Waals surface area contributed by atoms with Gasteiger partial charge in [0.2, 0.25) is 5.91 Å². The molecule has 1 saturated heterocycles. The molecule has 0 spiro atoms. The number of nitrogens with one attached hydrogen (secondary N) is 2. The second kappa shape index (κ2) is 5.45. The molecule has 1 fully saturated rings. The molecule has 3 rings (SSSR count). The first-order valence-electron chi connectivity index (χ1n) is 7.48. The first-order valence-corrected chi connectivity index (χ1v) is 8.36. The Balaban J connectivity index is 1.96. The predicted molar refractivity (Wildman–Crippen MR) is 84.4 cm³/mol. The van der Waals surface area contributed by atoms with Gasteiger partial charge in [-0.05, 0) is 19.8 Å². The van der Waals surface area contributed by atoms with Gasteiger partial charge in [-0.1, -0.05) is 6.92 Å². The molecule has 0 unspecified atom stereocenters. The topological polar surface area (TPSA) is 95.6 Å². The maximum atomic E-state index is 12.8. The molecule has 0 bridgehead atoms. The lowest BCUT2D eigenvalue weighted by Gasteiger charge is -2.38. The summed E-state index contributed by atoms with van der Waals surface area (Å²) in [6, 6.07) is 0. The third-order valence-corrected chi connectivity index (χ3v) is 5.19. The third-order valence-electron chi connectivity index (χ3n) is 4.25. The van der Waals surface area contributed by atoms with Gasteiger partial charge in [0.1, 0.15) is 10.5 Å². The fourth-order valence-electron chi connectivity index (χ4n) is 2.88. The maximum Gasteiger partial charge on any atom is 0.265 e. The molecule has 7 nitrogen and oxygen atoms in total. The van der Waals surface area contributed by atoms with Crippen molar-refractivity contribution in [2.45, 2.75) is 38.6 Å². The predicted octanol–water partition coefficient (Wildman–Crippen LogP) is 1.36. The van der Waals surface area contributed by atoms with E-state index in [1.54, 1.807) is 5.38 Å². The van der Waals surface area contributed by atoms with Crippen LogP contribution in [-0.2, 0) is 9.59 Å². The van der Waals surface area contributed by atoms with E-state index in [1.807, 2.05) is 6.92 Å². The second-order valence-corrected chi connectivity index (χ2v) is 6.76. The summed E-state index contributed by atoms with van der Waals surface area (Å²) in [5.74, 6) is -1.94. The van der Waals surface area contributed by atoms with Gasteiger partial charge in [0.25, 0.3) is 17.7 Å². The van der Waals surface area contributed by atoms with Crippen LogP contribution in [-0.4, -0.2) is 40.6 Å². The molecule has 2 aliphatic heterocycles. The van der Waals surface area contributed by atoms with Gasteiger partial charge in [-0.15, -0.1) is 11.3 Å².